The van der Waals surface area contributed by atoms with Crippen molar-refractivity contribution in [2.75, 3.05) is 0 Å². The standard InChI is InChI=1S/C5H10.C5H12.C4H7F3.C4H10/c1-5(2)3-4-5;1-5(2,3)4;1-3(2)4(5,6)7;1-4(2)3/h3-4H2,1-2H3;1-4H3;3H,1-2H3;4H,1-3H3. The van der Waals surface area contributed by atoms with Crippen LogP contribution in [-0.2, 0) is 0 Å². The largest absolute Gasteiger partial charge is 0.391 e. The topological polar surface area (TPSA) is 0 Å². The normalized spacial score (nSPS) is 16.0. The molecular weight excluding hydrogens is 273 g/mol. The second-order valence-corrected chi connectivity index (χ2v) is 9.09. The summed E-state index contributed by atoms with van der Waals surface area (Å²) in [5, 5.41) is 0. The van der Waals surface area contributed by atoms with E-state index >= 15 is 0 Å². The predicted octanol–water partition coefficient (Wildman–Crippen LogP) is 7.73. The SMILES string of the molecule is CC(C)(C)C.CC(C)C.CC(C)C(F)(F)F.CC1(C)CC1. The summed E-state index contributed by atoms with van der Waals surface area (Å²) in [6, 6.07) is 0. The van der Waals surface area contributed by atoms with Crippen molar-refractivity contribution in [2.24, 2.45) is 22.7 Å². The summed E-state index contributed by atoms with van der Waals surface area (Å²) in [6.07, 6.45) is -1.10. The van der Waals surface area contributed by atoms with Crippen LogP contribution in [0.25, 0.3) is 0 Å². The molecule has 3 heteroatoms. The van der Waals surface area contributed by atoms with Gasteiger partial charge in [-0.2, -0.15) is 13.2 Å². The summed E-state index contributed by atoms with van der Waals surface area (Å²) < 4.78 is 33.5. The lowest BCUT2D eigenvalue weighted by molar-refractivity contribution is -0.164. The van der Waals surface area contributed by atoms with Crippen molar-refractivity contribution in [3.05, 3.63) is 0 Å². The van der Waals surface area contributed by atoms with E-state index in [2.05, 4.69) is 62.3 Å². The second kappa shape index (κ2) is 10.5. The molecule has 0 atom stereocenters. The molecule has 1 fully saturated rings. The van der Waals surface area contributed by atoms with Crippen LogP contribution < -0.4 is 0 Å². The van der Waals surface area contributed by atoms with Crippen molar-refractivity contribution in [1.82, 2.24) is 0 Å². The molecule has 0 aromatic heterocycles. The zero-order chi connectivity index (χ0) is 18.1. The highest BCUT2D eigenvalue weighted by molar-refractivity contribution is 4.82. The fraction of sp³-hybridized carbons (Fsp3) is 1.00. The molecule has 0 aromatic carbocycles. The minimum atomic E-state index is -4.00. The Kier molecular flexibility index (Phi) is 12.9. The van der Waals surface area contributed by atoms with Gasteiger partial charge >= 0.3 is 6.18 Å². The minimum absolute atomic E-state index is 0.500. The third kappa shape index (κ3) is 53.8. The Morgan fingerprint density at radius 3 is 0.857 bits per heavy atom. The van der Waals surface area contributed by atoms with Crippen LogP contribution in [0.2, 0.25) is 0 Å². The van der Waals surface area contributed by atoms with Gasteiger partial charge in [-0.3, -0.25) is 0 Å². The number of halogens is 3. The zero-order valence-electron chi connectivity index (χ0n) is 16.2. The van der Waals surface area contributed by atoms with Crippen molar-refractivity contribution >= 4 is 0 Å². The molecule has 0 saturated heterocycles. The molecule has 1 aliphatic rings. The number of alkyl halides is 3. The Balaban J connectivity index is -0.000000210. The lowest BCUT2D eigenvalue weighted by atomic mass is 10.0. The molecule has 1 rings (SSSR count). The maximum Gasteiger partial charge on any atom is 0.391 e. The zero-order valence-corrected chi connectivity index (χ0v) is 16.2. The lowest BCUT2D eigenvalue weighted by Gasteiger charge is -2.07. The van der Waals surface area contributed by atoms with Crippen LogP contribution in [0.3, 0.4) is 0 Å². The molecule has 0 unspecified atom stereocenters. The molecule has 0 radical (unpaired) electrons. The lowest BCUT2D eigenvalue weighted by Crippen LogP contribution is -2.15. The van der Waals surface area contributed by atoms with Gasteiger partial charge in [0.15, 0.2) is 0 Å². The van der Waals surface area contributed by atoms with Crippen molar-refractivity contribution in [3.8, 4) is 0 Å². The third-order valence-corrected chi connectivity index (χ3v) is 1.90. The van der Waals surface area contributed by atoms with Crippen LogP contribution in [0, 0.1) is 22.7 Å². The minimum Gasteiger partial charge on any atom is -0.171 e. The first-order chi connectivity index (χ1) is 8.88. The summed E-state index contributed by atoms with van der Waals surface area (Å²) in [4.78, 5) is 0. The monoisotopic (exact) mass is 312 g/mol. The summed E-state index contributed by atoms with van der Waals surface area (Å²) in [6.45, 7) is 22.1. The van der Waals surface area contributed by atoms with Gasteiger partial charge in [0.05, 0.1) is 0 Å². The maximum atomic E-state index is 11.2. The van der Waals surface area contributed by atoms with Crippen LogP contribution in [0.5, 0.6) is 0 Å². The molecule has 0 spiro atoms. The van der Waals surface area contributed by atoms with Crippen molar-refractivity contribution in [1.29, 1.82) is 0 Å². The Bertz CT molecular complexity index is 211. The molecular formula is C18H39F3. The molecule has 1 aliphatic carbocycles. The first-order valence-electron chi connectivity index (χ1n) is 7.95. The van der Waals surface area contributed by atoms with Gasteiger partial charge in [0, 0.05) is 5.92 Å². The van der Waals surface area contributed by atoms with E-state index in [-0.39, 0.29) is 0 Å². The summed E-state index contributed by atoms with van der Waals surface area (Å²) >= 11 is 0. The number of rotatable bonds is 0. The van der Waals surface area contributed by atoms with Gasteiger partial charge in [0.25, 0.3) is 0 Å². The van der Waals surface area contributed by atoms with Gasteiger partial charge in [0.1, 0.15) is 0 Å². The first kappa shape index (κ1) is 25.7. The average Bonchev–Trinajstić information content (AvgIpc) is 2.75. The summed E-state index contributed by atoms with van der Waals surface area (Å²) in [5.74, 6) is -0.368. The molecule has 0 heterocycles. The maximum absolute atomic E-state index is 11.2. The average molecular weight is 313 g/mol. The van der Waals surface area contributed by atoms with E-state index in [1.54, 1.807) is 0 Å². The van der Waals surface area contributed by atoms with Crippen molar-refractivity contribution in [3.63, 3.8) is 0 Å². The summed E-state index contributed by atoms with van der Waals surface area (Å²) in [5.41, 5.74) is 1.25. The molecule has 0 bridgehead atoms. The van der Waals surface area contributed by atoms with Crippen LogP contribution in [0.15, 0.2) is 0 Å². The highest BCUT2D eigenvalue weighted by atomic mass is 19.4. The first-order valence-corrected chi connectivity index (χ1v) is 7.95. The van der Waals surface area contributed by atoms with Crippen LogP contribution in [-0.4, -0.2) is 6.18 Å². The molecule has 0 amide bonds. The number of hydrogen-bond donors (Lipinski definition) is 0. The van der Waals surface area contributed by atoms with Gasteiger partial charge in [0.2, 0.25) is 0 Å². The highest BCUT2D eigenvalue weighted by Crippen LogP contribution is 2.43. The predicted molar refractivity (Wildman–Crippen MR) is 89.5 cm³/mol. The van der Waals surface area contributed by atoms with E-state index in [1.807, 2.05) is 0 Å². The van der Waals surface area contributed by atoms with Crippen molar-refractivity contribution in [2.45, 2.75) is 95.2 Å². The Labute approximate surface area is 131 Å². The van der Waals surface area contributed by atoms with Crippen LogP contribution in [0.1, 0.15) is 89.0 Å². The molecule has 1 saturated carbocycles. The number of hydrogen-bond acceptors (Lipinski definition) is 0. The quantitative estimate of drug-likeness (QED) is 0.429. The summed E-state index contributed by atoms with van der Waals surface area (Å²) in [7, 11) is 0. The molecule has 0 nitrogen and oxygen atoms in total. The van der Waals surface area contributed by atoms with Gasteiger partial charge in [-0.1, -0.05) is 76.2 Å². The smallest absolute Gasteiger partial charge is 0.171 e. The molecule has 0 N–H and O–H groups in total. The van der Waals surface area contributed by atoms with E-state index in [1.165, 1.54) is 12.8 Å². The van der Waals surface area contributed by atoms with Gasteiger partial charge in [-0.15, -0.1) is 0 Å². The van der Waals surface area contributed by atoms with Crippen LogP contribution in [0.4, 0.5) is 13.2 Å². The Morgan fingerprint density at radius 2 is 0.857 bits per heavy atom. The van der Waals surface area contributed by atoms with Crippen LogP contribution >= 0.6 is 0 Å². The fourth-order valence-corrected chi connectivity index (χ4v) is 0.250. The van der Waals surface area contributed by atoms with Gasteiger partial charge in [-0.25, -0.2) is 0 Å². The third-order valence-electron chi connectivity index (χ3n) is 1.90. The molecule has 21 heavy (non-hydrogen) atoms. The Hall–Kier alpha value is -0.210. The van der Waals surface area contributed by atoms with E-state index < -0.39 is 12.1 Å². The van der Waals surface area contributed by atoms with E-state index in [0.717, 1.165) is 25.2 Å². The highest BCUT2D eigenvalue weighted by Gasteiger charge is 2.31. The molecule has 0 aromatic rings. The van der Waals surface area contributed by atoms with Crippen molar-refractivity contribution < 1.29 is 13.2 Å². The van der Waals surface area contributed by atoms with Gasteiger partial charge < -0.3 is 0 Å². The van der Waals surface area contributed by atoms with E-state index in [4.69, 9.17) is 0 Å². The van der Waals surface area contributed by atoms with E-state index in [0.29, 0.717) is 5.41 Å². The second-order valence-electron chi connectivity index (χ2n) is 9.09. The fourth-order valence-electron chi connectivity index (χ4n) is 0.250. The molecule has 0 aliphatic heterocycles. The Morgan fingerprint density at radius 1 is 0.762 bits per heavy atom. The molecule has 132 valence electrons. The van der Waals surface area contributed by atoms with E-state index in [9.17, 15) is 13.2 Å². The van der Waals surface area contributed by atoms with Gasteiger partial charge in [-0.05, 0) is 29.6 Å².